The van der Waals surface area contributed by atoms with Crippen molar-refractivity contribution < 1.29 is 18.7 Å². The molecule has 0 unspecified atom stereocenters. The maximum absolute atomic E-state index is 12.6. The topological polar surface area (TPSA) is 51.9 Å². The van der Waals surface area contributed by atoms with Gasteiger partial charge in [-0.15, -0.1) is 0 Å². The maximum atomic E-state index is 12.6. The van der Waals surface area contributed by atoms with Crippen molar-refractivity contribution in [1.82, 2.24) is 4.90 Å². The van der Waals surface area contributed by atoms with Gasteiger partial charge in [0.25, 0.3) is 5.91 Å². The first-order chi connectivity index (χ1) is 10.7. The summed E-state index contributed by atoms with van der Waals surface area (Å²) < 4.78 is 15.7. The van der Waals surface area contributed by atoms with E-state index in [1.807, 2.05) is 23.1 Å². The molecule has 5 heteroatoms. The van der Waals surface area contributed by atoms with E-state index in [-0.39, 0.29) is 5.91 Å². The van der Waals surface area contributed by atoms with E-state index in [4.69, 9.17) is 13.9 Å². The molecule has 0 spiro atoms. The average molecular weight is 301 g/mol. The van der Waals surface area contributed by atoms with Crippen LogP contribution in [-0.4, -0.2) is 31.1 Å². The first-order valence-corrected chi connectivity index (χ1v) is 7.27. The molecular weight excluding hydrogens is 282 g/mol. The highest BCUT2D eigenvalue weighted by atomic mass is 16.5. The molecule has 0 saturated heterocycles. The molecule has 1 amide bonds. The summed E-state index contributed by atoms with van der Waals surface area (Å²) >= 11 is 0. The van der Waals surface area contributed by atoms with Crippen LogP contribution >= 0.6 is 0 Å². The second-order valence-electron chi connectivity index (χ2n) is 5.35. The second-order valence-corrected chi connectivity index (χ2v) is 5.35. The van der Waals surface area contributed by atoms with Crippen LogP contribution < -0.4 is 9.47 Å². The first-order valence-electron chi connectivity index (χ1n) is 7.27. The van der Waals surface area contributed by atoms with Crippen LogP contribution in [0.1, 0.15) is 28.8 Å². The van der Waals surface area contributed by atoms with Gasteiger partial charge in [-0.3, -0.25) is 4.79 Å². The van der Waals surface area contributed by atoms with E-state index in [1.165, 1.54) is 12.5 Å². The summed E-state index contributed by atoms with van der Waals surface area (Å²) in [5, 5.41) is 0. The summed E-state index contributed by atoms with van der Waals surface area (Å²) in [5.74, 6) is 1.50. The first kappa shape index (κ1) is 14.5. The Balaban J connectivity index is 1.86. The van der Waals surface area contributed by atoms with Crippen molar-refractivity contribution in [3.63, 3.8) is 0 Å². The summed E-state index contributed by atoms with van der Waals surface area (Å²) in [6.07, 6.45) is 5.08. The Bertz CT molecular complexity index is 647. The Labute approximate surface area is 129 Å². The third-order valence-corrected chi connectivity index (χ3v) is 3.84. The van der Waals surface area contributed by atoms with E-state index < -0.39 is 0 Å². The average Bonchev–Trinajstić information content (AvgIpc) is 3.24. The number of hydrogen-bond acceptors (Lipinski definition) is 4. The fourth-order valence-electron chi connectivity index (χ4n) is 2.49. The molecule has 1 aromatic carbocycles. The summed E-state index contributed by atoms with van der Waals surface area (Å²) in [6, 6.07) is 7.61. The van der Waals surface area contributed by atoms with E-state index in [9.17, 15) is 4.79 Å². The molecule has 3 rings (SSSR count). The van der Waals surface area contributed by atoms with Crippen LogP contribution in [0, 0.1) is 0 Å². The zero-order chi connectivity index (χ0) is 15.5. The number of amides is 1. The van der Waals surface area contributed by atoms with Crippen LogP contribution in [0.25, 0.3) is 0 Å². The van der Waals surface area contributed by atoms with Gasteiger partial charge in [0.05, 0.1) is 32.6 Å². The number of rotatable bonds is 6. The van der Waals surface area contributed by atoms with Crippen LogP contribution in [0.5, 0.6) is 11.5 Å². The predicted molar refractivity (Wildman–Crippen MR) is 81.1 cm³/mol. The van der Waals surface area contributed by atoms with E-state index in [0.717, 1.165) is 29.9 Å². The van der Waals surface area contributed by atoms with Gasteiger partial charge in [-0.25, -0.2) is 0 Å². The van der Waals surface area contributed by atoms with E-state index in [0.29, 0.717) is 18.2 Å². The fourth-order valence-corrected chi connectivity index (χ4v) is 2.49. The molecule has 1 aliphatic carbocycles. The van der Waals surface area contributed by atoms with Gasteiger partial charge in [-0.1, -0.05) is 0 Å². The Kier molecular flexibility index (Phi) is 4.04. The largest absolute Gasteiger partial charge is 0.497 e. The highest BCUT2D eigenvalue weighted by Gasteiger charge is 2.34. The molecule has 0 N–H and O–H groups in total. The van der Waals surface area contributed by atoms with Gasteiger partial charge in [-0.05, 0) is 37.1 Å². The molecule has 22 heavy (non-hydrogen) atoms. The zero-order valence-electron chi connectivity index (χ0n) is 12.7. The van der Waals surface area contributed by atoms with Gasteiger partial charge in [-0.2, -0.15) is 0 Å². The zero-order valence-corrected chi connectivity index (χ0v) is 12.7. The molecular formula is C17H19NO4. The lowest BCUT2D eigenvalue weighted by molar-refractivity contribution is 0.0728. The van der Waals surface area contributed by atoms with Crippen LogP contribution in [0.3, 0.4) is 0 Å². The van der Waals surface area contributed by atoms with E-state index in [1.54, 1.807) is 20.3 Å². The summed E-state index contributed by atoms with van der Waals surface area (Å²) in [5.41, 5.74) is 1.51. The minimum atomic E-state index is -0.0128. The van der Waals surface area contributed by atoms with Crippen molar-refractivity contribution >= 4 is 5.91 Å². The molecule has 2 aromatic rings. The number of carbonyl (C=O) groups is 1. The third-order valence-electron chi connectivity index (χ3n) is 3.84. The second kappa shape index (κ2) is 6.13. The number of hydrogen-bond donors (Lipinski definition) is 0. The lowest BCUT2D eigenvalue weighted by Crippen LogP contribution is -2.32. The SMILES string of the molecule is COc1ccc(OC)c(CN(C(=O)c2ccoc2)C2CC2)c1. The predicted octanol–water partition coefficient (Wildman–Crippen LogP) is 3.10. The molecule has 0 aliphatic heterocycles. The summed E-state index contributed by atoms with van der Waals surface area (Å²) in [4.78, 5) is 14.5. The summed E-state index contributed by atoms with van der Waals surface area (Å²) in [7, 11) is 3.26. The Morgan fingerprint density at radius 2 is 2.09 bits per heavy atom. The molecule has 1 aliphatic rings. The number of methoxy groups -OCH3 is 2. The molecule has 5 nitrogen and oxygen atoms in total. The van der Waals surface area contributed by atoms with Crippen molar-refractivity contribution in [2.75, 3.05) is 14.2 Å². The van der Waals surface area contributed by atoms with Crippen molar-refractivity contribution in [1.29, 1.82) is 0 Å². The van der Waals surface area contributed by atoms with Gasteiger partial charge in [0.15, 0.2) is 0 Å². The number of benzene rings is 1. The standard InChI is InChI=1S/C17H19NO4/c1-20-15-5-6-16(21-2)13(9-15)10-18(14-3-4-14)17(19)12-7-8-22-11-12/h5-9,11,14H,3-4,10H2,1-2H3. The molecule has 1 aromatic heterocycles. The third kappa shape index (κ3) is 2.93. The minimum Gasteiger partial charge on any atom is -0.497 e. The van der Waals surface area contributed by atoms with Gasteiger partial charge in [0.1, 0.15) is 17.8 Å². The van der Waals surface area contributed by atoms with Gasteiger partial charge < -0.3 is 18.8 Å². The number of furan rings is 1. The van der Waals surface area contributed by atoms with Crippen LogP contribution in [0.15, 0.2) is 41.2 Å². The van der Waals surface area contributed by atoms with Crippen LogP contribution in [0.2, 0.25) is 0 Å². The quantitative estimate of drug-likeness (QED) is 0.822. The van der Waals surface area contributed by atoms with Crippen LogP contribution in [-0.2, 0) is 6.54 Å². The van der Waals surface area contributed by atoms with Crippen molar-refractivity contribution in [2.45, 2.75) is 25.4 Å². The maximum Gasteiger partial charge on any atom is 0.257 e. The molecule has 1 fully saturated rings. The van der Waals surface area contributed by atoms with Crippen molar-refractivity contribution in [3.8, 4) is 11.5 Å². The lowest BCUT2D eigenvalue weighted by Gasteiger charge is -2.23. The van der Waals surface area contributed by atoms with Crippen molar-refractivity contribution in [2.24, 2.45) is 0 Å². The molecule has 0 atom stereocenters. The van der Waals surface area contributed by atoms with Crippen LogP contribution in [0.4, 0.5) is 0 Å². The Morgan fingerprint density at radius 3 is 2.68 bits per heavy atom. The molecule has 1 saturated carbocycles. The fraction of sp³-hybridized carbons (Fsp3) is 0.353. The number of carbonyl (C=O) groups excluding carboxylic acids is 1. The lowest BCUT2D eigenvalue weighted by atomic mass is 10.1. The van der Waals surface area contributed by atoms with Crippen molar-refractivity contribution in [3.05, 3.63) is 47.9 Å². The molecule has 0 bridgehead atoms. The number of nitrogens with zero attached hydrogens (tertiary/aromatic N) is 1. The minimum absolute atomic E-state index is 0.0128. The van der Waals surface area contributed by atoms with Gasteiger partial charge >= 0.3 is 0 Å². The molecule has 116 valence electrons. The Hall–Kier alpha value is -2.43. The number of ether oxygens (including phenoxy) is 2. The summed E-state index contributed by atoms with van der Waals surface area (Å²) in [6.45, 7) is 0.495. The molecule has 0 radical (unpaired) electrons. The van der Waals surface area contributed by atoms with Gasteiger partial charge in [0, 0.05) is 11.6 Å². The highest BCUT2D eigenvalue weighted by molar-refractivity contribution is 5.94. The molecule has 1 heterocycles. The Morgan fingerprint density at radius 1 is 1.27 bits per heavy atom. The monoisotopic (exact) mass is 301 g/mol. The van der Waals surface area contributed by atoms with Gasteiger partial charge in [0.2, 0.25) is 0 Å². The van der Waals surface area contributed by atoms with E-state index in [2.05, 4.69) is 0 Å². The smallest absolute Gasteiger partial charge is 0.257 e. The highest BCUT2D eigenvalue weighted by Crippen LogP contribution is 2.33. The normalized spacial score (nSPS) is 13.7. The van der Waals surface area contributed by atoms with E-state index >= 15 is 0 Å².